The SMILES string of the molecule is COCCOCCCNC1(C)CC1. The Hall–Kier alpha value is -0.120. The Morgan fingerprint density at radius 2 is 2.00 bits per heavy atom. The molecule has 0 aromatic heterocycles. The predicted molar refractivity (Wildman–Crippen MR) is 53.0 cm³/mol. The zero-order valence-corrected chi connectivity index (χ0v) is 8.77. The quantitative estimate of drug-likeness (QED) is 0.579. The molecule has 0 unspecified atom stereocenters. The lowest BCUT2D eigenvalue weighted by Gasteiger charge is -2.10. The van der Waals surface area contributed by atoms with Gasteiger partial charge in [0.2, 0.25) is 0 Å². The first-order valence-electron chi connectivity index (χ1n) is 5.08. The molecular weight excluding hydrogens is 166 g/mol. The molecular formula is C10H21NO2. The maximum absolute atomic E-state index is 5.34. The minimum absolute atomic E-state index is 0.465. The molecule has 1 fully saturated rings. The summed E-state index contributed by atoms with van der Waals surface area (Å²) in [6.45, 7) is 5.60. The molecule has 0 atom stereocenters. The minimum atomic E-state index is 0.465. The van der Waals surface area contributed by atoms with E-state index in [0.717, 1.165) is 19.6 Å². The van der Waals surface area contributed by atoms with Gasteiger partial charge in [-0.1, -0.05) is 0 Å². The third-order valence-electron chi connectivity index (χ3n) is 2.45. The van der Waals surface area contributed by atoms with Crippen LogP contribution in [0.1, 0.15) is 26.2 Å². The Morgan fingerprint density at radius 3 is 2.62 bits per heavy atom. The third-order valence-corrected chi connectivity index (χ3v) is 2.45. The van der Waals surface area contributed by atoms with E-state index in [-0.39, 0.29) is 0 Å². The first kappa shape index (κ1) is 11.0. The van der Waals surface area contributed by atoms with Gasteiger partial charge in [0, 0.05) is 19.3 Å². The topological polar surface area (TPSA) is 30.5 Å². The highest BCUT2D eigenvalue weighted by Crippen LogP contribution is 2.33. The van der Waals surface area contributed by atoms with Crippen molar-refractivity contribution in [2.45, 2.75) is 31.7 Å². The number of hydrogen-bond acceptors (Lipinski definition) is 3. The Labute approximate surface area is 80.8 Å². The van der Waals surface area contributed by atoms with E-state index < -0.39 is 0 Å². The molecule has 1 aliphatic rings. The number of ether oxygens (including phenoxy) is 2. The zero-order chi connectivity index (χ0) is 9.57. The van der Waals surface area contributed by atoms with Gasteiger partial charge in [0.25, 0.3) is 0 Å². The van der Waals surface area contributed by atoms with Crippen molar-refractivity contribution < 1.29 is 9.47 Å². The van der Waals surface area contributed by atoms with Crippen molar-refractivity contribution in [3.8, 4) is 0 Å². The van der Waals surface area contributed by atoms with Crippen LogP contribution in [0.5, 0.6) is 0 Å². The second-order valence-electron chi connectivity index (χ2n) is 3.95. The van der Waals surface area contributed by atoms with Crippen LogP contribution in [0.4, 0.5) is 0 Å². The Morgan fingerprint density at radius 1 is 1.23 bits per heavy atom. The van der Waals surface area contributed by atoms with Gasteiger partial charge in [-0.05, 0) is 32.7 Å². The Bertz CT molecular complexity index is 135. The molecule has 0 radical (unpaired) electrons. The summed E-state index contributed by atoms with van der Waals surface area (Å²) >= 11 is 0. The van der Waals surface area contributed by atoms with Gasteiger partial charge in [-0.3, -0.25) is 0 Å². The number of hydrogen-bond donors (Lipinski definition) is 1. The van der Waals surface area contributed by atoms with Gasteiger partial charge in [-0.15, -0.1) is 0 Å². The molecule has 0 bridgehead atoms. The molecule has 0 aliphatic heterocycles. The first-order valence-corrected chi connectivity index (χ1v) is 5.08. The molecule has 0 aromatic rings. The average Bonchev–Trinajstić information content (AvgIpc) is 2.83. The standard InChI is InChI=1S/C10H21NO2/c1-10(4-5-10)11-6-3-7-13-9-8-12-2/h11H,3-9H2,1-2H3. The van der Waals surface area contributed by atoms with Crippen LogP contribution in [0.15, 0.2) is 0 Å². The van der Waals surface area contributed by atoms with Crippen LogP contribution in [-0.4, -0.2) is 39.0 Å². The molecule has 13 heavy (non-hydrogen) atoms. The summed E-state index contributed by atoms with van der Waals surface area (Å²) in [5, 5.41) is 3.51. The van der Waals surface area contributed by atoms with E-state index in [9.17, 15) is 0 Å². The molecule has 78 valence electrons. The van der Waals surface area contributed by atoms with Crippen LogP contribution in [-0.2, 0) is 9.47 Å². The predicted octanol–water partition coefficient (Wildman–Crippen LogP) is 1.18. The lowest BCUT2D eigenvalue weighted by atomic mass is 10.3. The monoisotopic (exact) mass is 187 g/mol. The minimum Gasteiger partial charge on any atom is -0.382 e. The highest BCUT2D eigenvalue weighted by atomic mass is 16.5. The van der Waals surface area contributed by atoms with E-state index in [1.165, 1.54) is 12.8 Å². The lowest BCUT2D eigenvalue weighted by molar-refractivity contribution is 0.0692. The molecule has 1 aliphatic carbocycles. The van der Waals surface area contributed by atoms with Crippen LogP contribution in [0.3, 0.4) is 0 Å². The van der Waals surface area contributed by atoms with Gasteiger partial charge in [-0.25, -0.2) is 0 Å². The molecule has 1 N–H and O–H groups in total. The fourth-order valence-corrected chi connectivity index (χ4v) is 1.17. The number of nitrogens with one attached hydrogen (secondary N) is 1. The summed E-state index contributed by atoms with van der Waals surface area (Å²) in [5.41, 5.74) is 0.465. The Balaban J connectivity index is 1.74. The van der Waals surface area contributed by atoms with E-state index in [4.69, 9.17) is 9.47 Å². The van der Waals surface area contributed by atoms with Gasteiger partial charge >= 0.3 is 0 Å². The highest BCUT2D eigenvalue weighted by Gasteiger charge is 2.35. The maximum atomic E-state index is 5.34. The number of methoxy groups -OCH3 is 1. The normalized spacial score (nSPS) is 18.9. The summed E-state index contributed by atoms with van der Waals surface area (Å²) in [4.78, 5) is 0. The summed E-state index contributed by atoms with van der Waals surface area (Å²) in [6, 6.07) is 0. The Kier molecular flexibility index (Phi) is 4.70. The van der Waals surface area contributed by atoms with Crippen LogP contribution in [0.25, 0.3) is 0 Å². The highest BCUT2D eigenvalue weighted by molar-refractivity contribution is 4.97. The van der Waals surface area contributed by atoms with Crippen LogP contribution >= 0.6 is 0 Å². The van der Waals surface area contributed by atoms with Gasteiger partial charge in [0.1, 0.15) is 0 Å². The fraction of sp³-hybridized carbons (Fsp3) is 1.00. The van der Waals surface area contributed by atoms with Crippen LogP contribution in [0, 0.1) is 0 Å². The molecule has 0 heterocycles. The molecule has 0 amide bonds. The van der Waals surface area contributed by atoms with Gasteiger partial charge in [-0.2, -0.15) is 0 Å². The smallest absolute Gasteiger partial charge is 0.0700 e. The summed E-state index contributed by atoms with van der Waals surface area (Å²) in [5.74, 6) is 0. The molecule has 1 saturated carbocycles. The van der Waals surface area contributed by atoms with E-state index in [1.54, 1.807) is 7.11 Å². The van der Waals surface area contributed by atoms with E-state index in [1.807, 2.05) is 0 Å². The second kappa shape index (κ2) is 5.58. The van der Waals surface area contributed by atoms with E-state index in [0.29, 0.717) is 18.8 Å². The van der Waals surface area contributed by atoms with E-state index in [2.05, 4.69) is 12.2 Å². The van der Waals surface area contributed by atoms with Crippen molar-refractivity contribution in [1.82, 2.24) is 5.32 Å². The maximum Gasteiger partial charge on any atom is 0.0700 e. The summed E-state index contributed by atoms with van der Waals surface area (Å²) in [6.07, 6.45) is 3.76. The van der Waals surface area contributed by atoms with Crippen LogP contribution < -0.4 is 5.32 Å². The van der Waals surface area contributed by atoms with Gasteiger partial charge < -0.3 is 14.8 Å². The van der Waals surface area contributed by atoms with Crippen molar-refractivity contribution in [1.29, 1.82) is 0 Å². The van der Waals surface area contributed by atoms with Crippen molar-refractivity contribution in [3.63, 3.8) is 0 Å². The number of rotatable bonds is 8. The third kappa shape index (κ3) is 5.24. The molecule has 0 saturated heterocycles. The molecule has 3 nitrogen and oxygen atoms in total. The summed E-state index contributed by atoms with van der Waals surface area (Å²) < 4.78 is 10.2. The summed E-state index contributed by atoms with van der Waals surface area (Å²) in [7, 11) is 1.69. The molecule has 1 rings (SSSR count). The first-order chi connectivity index (χ1) is 6.27. The fourth-order valence-electron chi connectivity index (χ4n) is 1.17. The molecule has 0 aromatic carbocycles. The molecule has 3 heteroatoms. The van der Waals surface area contributed by atoms with Crippen molar-refractivity contribution in [3.05, 3.63) is 0 Å². The van der Waals surface area contributed by atoms with E-state index >= 15 is 0 Å². The van der Waals surface area contributed by atoms with Gasteiger partial charge in [0.15, 0.2) is 0 Å². The van der Waals surface area contributed by atoms with Gasteiger partial charge in [0.05, 0.1) is 13.2 Å². The van der Waals surface area contributed by atoms with Crippen molar-refractivity contribution in [2.75, 3.05) is 33.5 Å². The average molecular weight is 187 g/mol. The van der Waals surface area contributed by atoms with Crippen molar-refractivity contribution in [2.24, 2.45) is 0 Å². The van der Waals surface area contributed by atoms with Crippen LogP contribution in [0.2, 0.25) is 0 Å². The van der Waals surface area contributed by atoms with Crippen molar-refractivity contribution >= 4 is 0 Å². The zero-order valence-electron chi connectivity index (χ0n) is 8.77. The largest absolute Gasteiger partial charge is 0.382 e. The second-order valence-corrected chi connectivity index (χ2v) is 3.95. The molecule has 0 spiro atoms. The lowest BCUT2D eigenvalue weighted by Crippen LogP contribution is -2.29.